The molecule has 2 rings (SSSR count). The predicted molar refractivity (Wildman–Crippen MR) is 73.3 cm³/mol. The van der Waals surface area contributed by atoms with Gasteiger partial charge in [-0.25, -0.2) is 8.78 Å². The number of benzene rings is 2. The number of hydrogen-bond donors (Lipinski definition) is 0. The fraction of sp³-hybridized carbons (Fsp3) is 0.188. The zero-order chi connectivity index (χ0) is 14.7. The van der Waals surface area contributed by atoms with E-state index >= 15 is 0 Å². The molecule has 0 N–H and O–H groups in total. The van der Waals surface area contributed by atoms with Crippen molar-refractivity contribution in [1.82, 2.24) is 4.90 Å². The summed E-state index contributed by atoms with van der Waals surface area (Å²) in [5, 5.41) is 0. The van der Waals surface area contributed by atoms with Gasteiger partial charge in [0.1, 0.15) is 11.6 Å². The Bertz CT molecular complexity index is 640. The number of rotatable bonds is 3. The molecule has 2 aromatic rings. The van der Waals surface area contributed by atoms with Gasteiger partial charge in [-0.1, -0.05) is 18.2 Å². The Hall–Kier alpha value is -2.23. The molecule has 0 heterocycles. The molecule has 0 radical (unpaired) electrons. The second-order valence-electron chi connectivity index (χ2n) is 4.77. The second kappa shape index (κ2) is 5.82. The van der Waals surface area contributed by atoms with Crippen molar-refractivity contribution in [2.45, 2.75) is 13.5 Å². The first kappa shape index (κ1) is 14.2. The number of nitrogens with zero attached hydrogens (tertiary/aromatic N) is 1. The van der Waals surface area contributed by atoms with Gasteiger partial charge in [0.25, 0.3) is 5.91 Å². The molecule has 2 aromatic carbocycles. The Morgan fingerprint density at radius 2 is 1.90 bits per heavy atom. The first-order valence-electron chi connectivity index (χ1n) is 6.23. The summed E-state index contributed by atoms with van der Waals surface area (Å²) >= 11 is 0. The third kappa shape index (κ3) is 3.20. The summed E-state index contributed by atoms with van der Waals surface area (Å²) in [7, 11) is 1.56. The van der Waals surface area contributed by atoms with Crippen LogP contribution in [-0.4, -0.2) is 17.9 Å². The molecule has 0 bridgehead atoms. The smallest absolute Gasteiger partial charge is 0.256 e. The Balaban J connectivity index is 2.16. The van der Waals surface area contributed by atoms with Crippen LogP contribution >= 0.6 is 0 Å². The highest BCUT2D eigenvalue weighted by Crippen LogP contribution is 2.14. The SMILES string of the molecule is Cc1ccc(C(=O)N(C)Cc2cccc(F)c2)c(F)c1. The molecule has 104 valence electrons. The first-order valence-corrected chi connectivity index (χ1v) is 6.23. The van der Waals surface area contributed by atoms with Gasteiger partial charge in [-0.15, -0.1) is 0 Å². The van der Waals surface area contributed by atoms with Crippen LogP contribution in [0.4, 0.5) is 8.78 Å². The molecule has 2 nitrogen and oxygen atoms in total. The van der Waals surface area contributed by atoms with Gasteiger partial charge < -0.3 is 4.90 Å². The maximum absolute atomic E-state index is 13.8. The molecule has 0 aromatic heterocycles. The van der Waals surface area contributed by atoms with E-state index in [1.54, 1.807) is 32.2 Å². The van der Waals surface area contributed by atoms with E-state index in [0.29, 0.717) is 5.56 Å². The third-order valence-corrected chi connectivity index (χ3v) is 3.01. The van der Waals surface area contributed by atoms with E-state index in [-0.39, 0.29) is 17.9 Å². The van der Waals surface area contributed by atoms with Crippen molar-refractivity contribution in [2.24, 2.45) is 0 Å². The lowest BCUT2D eigenvalue weighted by atomic mass is 10.1. The molecule has 0 aliphatic rings. The quantitative estimate of drug-likeness (QED) is 0.839. The normalized spacial score (nSPS) is 10.4. The summed E-state index contributed by atoms with van der Waals surface area (Å²) < 4.78 is 26.8. The van der Waals surface area contributed by atoms with Gasteiger partial charge >= 0.3 is 0 Å². The number of carbonyl (C=O) groups excluding carboxylic acids is 1. The largest absolute Gasteiger partial charge is 0.337 e. The summed E-state index contributed by atoms with van der Waals surface area (Å²) in [5.74, 6) is -1.32. The summed E-state index contributed by atoms with van der Waals surface area (Å²) in [5.41, 5.74) is 1.44. The third-order valence-electron chi connectivity index (χ3n) is 3.01. The number of halogens is 2. The molecule has 0 fully saturated rings. The Kier molecular flexibility index (Phi) is 4.13. The highest BCUT2D eigenvalue weighted by Gasteiger charge is 2.16. The summed E-state index contributed by atoms with van der Waals surface area (Å²) in [6, 6.07) is 10.5. The van der Waals surface area contributed by atoms with Crippen LogP contribution in [0.15, 0.2) is 42.5 Å². The number of carbonyl (C=O) groups is 1. The van der Waals surface area contributed by atoms with Crippen molar-refractivity contribution < 1.29 is 13.6 Å². The maximum Gasteiger partial charge on any atom is 0.256 e. The minimum Gasteiger partial charge on any atom is -0.337 e. The molecule has 4 heteroatoms. The fourth-order valence-electron chi connectivity index (χ4n) is 1.98. The van der Waals surface area contributed by atoms with Gasteiger partial charge in [0.05, 0.1) is 5.56 Å². The zero-order valence-corrected chi connectivity index (χ0v) is 11.4. The van der Waals surface area contributed by atoms with E-state index in [4.69, 9.17) is 0 Å². The molecular weight excluding hydrogens is 260 g/mol. The van der Waals surface area contributed by atoms with Gasteiger partial charge in [0, 0.05) is 13.6 Å². The van der Waals surface area contributed by atoms with E-state index < -0.39 is 11.7 Å². The molecule has 0 saturated carbocycles. The Labute approximate surface area is 116 Å². The fourth-order valence-corrected chi connectivity index (χ4v) is 1.98. The van der Waals surface area contributed by atoms with Gasteiger partial charge in [0.2, 0.25) is 0 Å². The molecule has 0 spiro atoms. The van der Waals surface area contributed by atoms with E-state index in [9.17, 15) is 13.6 Å². The van der Waals surface area contributed by atoms with Crippen LogP contribution in [0.3, 0.4) is 0 Å². The monoisotopic (exact) mass is 275 g/mol. The number of amides is 1. The van der Waals surface area contributed by atoms with Crippen LogP contribution in [-0.2, 0) is 6.54 Å². The zero-order valence-electron chi connectivity index (χ0n) is 11.4. The maximum atomic E-state index is 13.8. The lowest BCUT2D eigenvalue weighted by Gasteiger charge is -2.18. The van der Waals surface area contributed by atoms with Crippen LogP contribution in [0, 0.1) is 18.6 Å². The molecular formula is C16H15F2NO. The van der Waals surface area contributed by atoms with Crippen molar-refractivity contribution in [3.8, 4) is 0 Å². The Morgan fingerprint density at radius 1 is 1.15 bits per heavy atom. The van der Waals surface area contributed by atoms with Crippen molar-refractivity contribution in [3.63, 3.8) is 0 Å². The van der Waals surface area contributed by atoms with Gasteiger partial charge in [-0.2, -0.15) is 0 Å². The van der Waals surface area contributed by atoms with Crippen molar-refractivity contribution in [2.75, 3.05) is 7.05 Å². The average molecular weight is 275 g/mol. The molecule has 0 unspecified atom stereocenters. The standard InChI is InChI=1S/C16H15F2NO/c1-11-6-7-14(15(18)8-11)16(20)19(2)10-12-4-3-5-13(17)9-12/h3-9H,10H2,1-2H3. The van der Waals surface area contributed by atoms with Crippen LogP contribution < -0.4 is 0 Å². The average Bonchev–Trinajstić information content (AvgIpc) is 2.38. The van der Waals surface area contributed by atoms with Gasteiger partial charge in [0.15, 0.2) is 0 Å². The molecule has 0 atom stereocenters. The summed E-state index contributed by atoms with van der Waals surface area (Å²) in [6.45, 7) is 1.98. The van der Waals surface area contributed by atoms with Crippen molar-refractivity contribution >= 4 is 5.91 Å². The lowest BCUT2D eigenvalue weighted by molar-refractivity contribution is 0.0780. The van der Waals surface area contributed by atoms with Crippen molar-refractivity contribution in [1.29, 1.82) is 0 Å². The highest BCUT2D eigenvalue weighted by atomic mass is 19.1. The Morgan fingerprint density at radius 3 is 2.55 bits per heavy atom. The lowest BCUT2D eigenvalue weighted by Crippen LogP contribution is -2.27. The van der Waals surface area contributed by atoms with E-state index in [1.807, 2.05) is 0 Å². The van der Waals surface area contributed by atoms with Gasteiger partial charge in [-0.3, -0.25) is 4.79 Å². The van der Waals surface area contributed by atoms with Crippen LogP contribution in [0.1, 0.15) is 21.5 Å². The number of hydrogen-bond acceptors (Lipinski definition) is 1. The highest BCUT2D eigenvalue weighted by molar-refractivity contribution is 5.94. The van der Waals surface area contributed by atoms with Crippen LogP contribution in [0.5, 0.6) is 0 Å². The van der Waals surface area contributed by atoms with E-state index in [1.165, 1.54) is 29.2 Å². The minimum absolute atomic E-state index is 0.0227. The second-order valence-corrected chi connectivity index (χ2v) is 4.77. The summed E-state index contributed by atoms with van der Waals surface area (Å²) in [4.78, 5) is 13.5. The first-order chi connectivity index (χ1) is 9.47. The molecule has 0 saturated heterocycles. The summed E-state index contributed by atoms with van der Waals surface area (Å²) in [6.07, 6.45) is 0. The van der Waals surface area contributed by atoms with Gasteiger partial charge in [-0.05, 0) is 42.3 Å². The van der Waals surface area contributed by atoms with Crippen LogP contribution in [0.2, 0.25) is 0 Å². The topological polar surface area (TPSA) is 20.3 Å². The van der Waals surface area contributed by atoms with E-state index in [2.05, 4.69) is 0 Å². The predicted octanol–water partition coefficient (Wildman–Crippen LogP) is 3.55. The molecule has 1 amide bonds. The minimum atomic E-state index is -0.541. The molecule has 0 aliphatic heterocycles. The number of aryl methyl sites for hydroxylation is 1. The molecule has 20 heavy (non-hydrogen) atoms. The molecule has 0 aliphatic carbocycles. The van der Waals surface area contributed by atoms with Crippen LogP contribution in [0.25, 0.3) is 0 Å². The van der Waals surface area contributed by atoms with Crippen molar-refractivity contribution in [3.05, 3.63) is 70.8 Å². The van der Waals surface area contributed by atoms with E-state index in [0.717, 1.165) is 5.56 Å².